The molecule has 3 rings (SSSR count). The summed E-state index contributed by atoms with van der Waals surface area (Å²) in [6, 6.07) is 22.4. The Kier molecular flexibility index (Phi) is 2.75. The fourth-order valence-corrected chi connectivity index (χ4v) is 2.01. The molecule has 0 aliphatic heterocycles. The van der Waals surface area contributed by atoms with Crippen LogP contribution in [0.15, 0.2) is 79.0 Å². The Labute approximate surface area is 116 Å². The Hall–Kier alpha value is -2.41. The van der Waals surface area contributed by atoms with Crippen LogP contribution < -0.4 is 0 Å². The molecule has 0 bridgehead atoms. The summed E-state index contributed by atoms with van der Waals surface area (Å²) >= 11 is 0. The molecule has 92 valence electrons. The second-order valence-electron chi connectivity index (χ2n) is 4.25. The number of benzene rings is 2. The molecule has 0 saturated heterocycles. The molecular formula is C18H15N. The summed E-state index contributed by atoms with van der Waals surface area (Å²) in [6.07, 6.45) is 0.166. The molecule has 1 heterocycles. The largest absolute Gasteiger partial charge is 0.256 e. The summed E-state index contributed by atoms with van der Waals surface area (Å²) in [5.41, 5.74) is 2.89. The quantitative estimate of drug-likeness (QED) is 0.671. The predicted octanol–water partition coefficient (Wildman–Crippen LogP) is 4.34. The van der Waals surface area contributed by atoms with Crippen LogP contribution in [0.1, 0.15) is 13.9 Å². The van der Waals surface area contributed by atoms with Crippen molar-refractivity contribution < 1.29 is 2.74 Å². The van der Waals surface area contributed by atoms with E-state index in [-0.39, 0.29) is 0 Å². The fraction of sp³-hybridized carbons (Fsp3) is 0.0556. The zero-order valence-electron chi connectivity index (χ0n) is 12.5. The van der Waals surface area contributed by atoms with Crippen LogP contribution in [-0.2, 0) is 6.37 Å². The van der Waals surface area contributed by atoms with Gasteiger partial charge < -0.3 is 0 Å². The first kappa shape index (κ1) is 9.51. The molecule has 0 spiro atoms. The fourth-order valence-electron chi connectivity index (χ4n) is 2.01. The lowest BCUT2D eigenvalue weighted by Crippen LogP contribution is -1.93. The van der Waals surface area contributed by atoms with Crippen molar-refractivity contribution >= 4 is 0 Å². The van der Waals surface area contributed by atoms with Crippen molar-refractivity contribution in [3.8, 4) is 11.3 Å². The van der Waals surface area contributed by atoms with E-state index in [4.69, 9.17) is 2.74 Å². The molecule has 0 amide bonds. The number of hydrogen-bond donors (Lipinski definition) is 0. The minimum absolute atomic E-state index is 0.634. The van der Waals surface area contributed by atoms with Gasteiger partial charge in [0.15, 0.2) is 0 Å². The van der Waals surface area contributed by atoms with Crippen LogP contribution in [0.3, 0.4) is 0 Å². The molecule has 0 unspecified atom stereocenters. The van der Waals surface area contributed by atoms with Crippen LogP contribution in [0.5, 0.6) is 0 Å². The van der Waals surface area contributed by atoms with Crippen LogP contribution >= 0.6 is 0 Å². The average Bonchev–Trinajstić information content (AvgIpc) is 2.56. The first-order valence-corrected chi connectivity index (χ1v) is 6.26. The van der Waals surface area contributed by atoms with E-state index in [1.165, 1.54) is 0 Å². The Morgan fingerprint density at radius 2 is 1.53 bits per heavy atom. The van der Waals surface area contributed by atoms with Crippen molar-refractivity contribution in [1.29, 1.82) is 0 Å². The van der Waals surface area contributed by atoms with Crippen LogP contribution in [0.4, 0.5) is 0 Å². The Bertz CT molecular complexity index is 724. The van der Waals surface area contributed by atoms with Crippen LogP contribution in [-0.4, -0.2) is 4.98 Å². The lowest BCUT2D eigenvalue weighted by Gasteiger charge is -2.09. The van der Waals surface area contributed by atoms with E-state index in [1.807, 2.05) is 72.8 Å². The van der Waals surface area contributed by atoms with E-state index < -0.39 is 6.37 Å². The summed E-state index contributed by atoms with van der Waals surface area (Å²) in [7, 11) is 0. The molecule has 0 atom stereocenters. The van der Waals surface area contributed by atoms with Gasteiger partial charge >= 0.3 is 0 Å². The Morgan fingerprint density at radius 1 is 0.789 bits per heavy atom. The minimum atomic E-state index is -1.56. The van der Waals surface area contributed by atoms with Gasteiger partial charge in [-0.05, 0) is 29.6 Å². The SMILES string of the molecule is [2H]C([2H])(c1ccccc1)c1ccccc1-c1ccccn1. The van der Waals surface area contributed by atoms with Crippen LogP contribution in [0.2, 0.25) is 0 Å². The van der Waals surface area contributed by atoms with Gasteiger partial charge in [0.05, 0.1) is 5.69 Å². The van der Waals surface area contributed by atoms with Crippen molar-refractivity contribution in [3.05, 3.63) is 90.1 Å². The Morgan fingerprint density at radius 3 is 2.32 bits per heavy atom. The summed E-state index contributed by atoms with van der Waals surface area (Å²) in [6.45, 7) is 0. The summed E-state index contributed by atoms with van der Waals surface area (Å²) < 4.78 is 17.1. The number of hydrogen-bond acceptors (Lipinski definition) is 1. The first-order chi connectivity index (χ1) is 10.2. The second-order valence-corrected chi connectivity index (χ2v) is 4.25. The normalized spacial score (nSPS) is 12.6. The van der Waals surface area contributed by atoms with Crippen molar-refractivity contribution in [3.63, 3.8) is 0 Å². The minimum Gasteiger partial charge on any atom is -0.256 e. The van der Waals surface area contributed by atoms with Crippen molar-refractivity contribution in [1.82, 2.24) is 4.98 Å². The maximum Gasteiger partial charge on any atom is 0.0704 e. The summed E-state index contributed by atoms with van der Waals surface area (Å²) in [5, 5.41) is 0. The lowest BCUT2D eigenvalue weighted by atomic mass is 9.98. The molecule has 1 aromatic heterocycles. The van der Waals surface area contributed by atoms with Gasteiger partial charge in [-0.15, -0.1) is 0 Å². The van der Waals surface area contributed by atoms with E-state index in [0.717, 1.165) is 11.3 Å². The average molecular weight is 247 g/mol. The topological polar surface area (TPSA) is 12.9 Å². The Balaban J connectivity index is 2.16. The molecule has 1 nitrogen and oxygen atoms in total. The summed E-state index contributed by atoms with van der Waals surface area (Å²) in [5.74, 6) is 0. The monoisotopic (exact) mass is 247 g/mol. The number of aromatic nitrogens is 1. The van der Waals surface area contributed by atoms with Gasteiger partial charge in [0.2, 0.25) is 0 Å². The zero-order chi connectivity index (χ0) is 14.7. The number of nitrogens with zero attached hydrogens (tertiary/aromatic N) is 1. The molecule has 0 aliphatic rings. The highest BCUT2D eigenvalue weighted by Gasteiger charge is 2.05. The molecular weight excluding hydrogens is 230 g/mol. The standard InChI is InChI=1S/C18H15N/c1-2-8-15(9-3-1)14-16-10-4-5-11-17(16)18-12-6-7-13-19-18/h1-13H,14H2/i14D2. The summed E-state index contributed by atoms with van der Waals surface area (Å²) in [4.78, 5) is 4.35. The van der Waals surface area contributed by atoms with Gasteiger partial charge in [0, 0.05) is 14.5 Å². The second kappa shape index (κ2) is 5.49. The highest BCUT2D eigenvalue weighted by Crippen LogP contribution is 2.23. The van der Waals surface area contributed by atoms with Crippen molar-refractivity contribution in [2.45, 2.75) is 6.37 Å². The molecule has 0 radical (unpaired) electrons. The van der Waals surface area contributed by atoms with Gasteiger partial charge in [0.1, 0.15) is 0 Å². The number of pyridine rings is 1. The molecule has 19 heavy (non-hydrogen) atoms. The van der Waals surface area contributed by atoms with E-state index in [0.29, 0.717) is 11.1 Å². The highest BCUT2D eigenvalue weighted by molar-refractivity contribution is 5.64. The van der Waals surface area contributed by atoms with Gasteiger partial charge in [-0.1, -0.05) is 60.7 Å². The van der Waals surface area contributed by atoms with E-state index in [9.17, 15) is 0 Å². The molecule has 3 aromatic rings. The van der Waals surface area contributed by atoms with Crippen molar-refractivity contribution in [2.75, 3.05) is 0 Å². The molecule has 1 heteroatoms. The van der Waals surface area contributed by atoms with E-state index in [1.54, 1.807) is 6.20 Å². The highest BCUT2D eigenvalue weighted by atomic mass is 14.7. The third-order valence-corrected chi connectivity index (χ3v) is 2.92. The lowest BCUT2D eigenvalue weighted by molar-refractivity contribution is 1.18. The van der Waals surface area contributed by atoms with Crippen LogP contribution in [0, 0.1) is 0 Å². The third kappa shape index (κ3) is 2.71. The van der Waals surface area contributed by atoms with Crippen LogP contribution in [0.25, 0.3) is 11.3 Å². The van der Waals surface area contributed by atoms with Gasteiger partial charge in [-0.25, -0.2) is 0 Å². The molecule has 0 saturated carbocycles. The smallest absolute Gasteiger partial charge is 0.0704 e. The zero-order valence-corrected chi connectivity index (χ0v) is 10.5. The van der Waals surface area contributed by atoms with Crippen molar-refractivity contribution in [2.24, 2.45) is 0 Å². The van der Waals surface area contributed by atoms with E-state index >= 15 is 0 Å². The van der Waals surface area contributed by atoms with E-state index in [2.05, 4.69) is 4.98 Å². The van der Waals surface area contributed by atoms with Gasteiger partial charge in [-0.3, -0.25) is 4.98 Å². The molecule has 0 N–H and O–H groups in total. The third-order valence-electron chi connectivity index (χ3n) is 2.92. The predicted molar refractivity (Wildman–Crippen MR) is 78.9 cm³/mol. The molecule has 0 aliphatic carbocycles. The maximum absolute atomic E-state index is 8.54. The molecule has 2 aromatic carbocycles. The molecule has 0 fully saturated rings. The first-order valence-electron chi connectivity index (χ1n) is 7.26. The number of rotatable bonds is 3. The maximum atomic E-state index is 8.54. The van der Waals surface area contributed by atoms with Gasteiger partial charge in [0.25, 0.3) is 0 Å². The van der Waals surface area contributed by atoms with Gasteiger partial charge in [-0.2, -0.15) is 0 Å².